The fourth-order valence-electron chi connectivity index (χ4n) is 2.37. The number of benzene rings is 2. The summed E-state index contributed by atoms with van der Waals surface area (Å²) in [6.45, 7) is 0.478. The lowest BCUT2D eigenvalue weighted by molar-refractivity contribution is -0.115. The molecule has 0 aliphatic heterocycles. The van der Waals surface area contributed by atoms with Gasteiger partial charge in [-0.15, -0.1) is 10.2 Å². The zero-order valence-corrected chi connectivity index (χ0v) is 15.1. The first kappa shape index (κ1) is 17.8. The number of amides is 1. The van der Waals surface area contributed by atoms with E-state index in [1.165, 1.54) is 11.8 Å². The zero-order valence-electron chi connectivity index (χ0n) is 14.3. The number of carbonyl (C=O) groups excluding carboxylic acids is 1. The molecule has 0 fully saturated rings. The molecule has 0 aliphatic carbocycles. The summed E-state index contributed by atoms with van der Waals surface area (Å²) in [6.07, 6.45) is 0. The molecule has 0 bridgehead atoms. The molecule has 1 heterocycles. The number of nitrogens with two attached hydrogens (primary N) is 1. The third-order valence-corrected chi connectivity index (χ3v) is 4.55. The van der Waals surface area contributed by atoms with Crippen LogP contribution >= 0.6 is 11.8 Å². The highest BCUT2D eigenvalue weighted by atomic mass is 32.2. The van der Waals surface area contributed by atoms with Gasteiger partial charge in [0.2, 0.25) is 5.91 Å². The van der Waals surface area contributed by atoms with Gasteiger partial charge in [0.05, 0.1) is 19.4 Å². The molecule has 8 heteroatoms. The maximum Gasteiger partial charge on any atom is 0.227 e. The van der Waals surface area contributed by atoms with Crippen molar-refractivity contribution in [1.29, 1.82) is 0 Å². The van der Waals surface area contributed by atoms with Crippen molar-refractivity contribution in [3.05, 3.63) is 60.4 Å². The molecular formula is C18H19N5O2S. The number of methoxy groups -OCH3 is 1. The summed E-state index contributed by atoms with van der Waals surface area (Å²) in [6, 6.07) is 17.4. The van der Waals surface area contributed by atoms with E-state index in [0.717, 1.165) is 22.9 Å². The second-order valence-corrected chi connectivity index (χ2v) is 6.35. The Morgan fingerprint density at radius 2 is 1.88 bits per heavy atom. The van der Waals surface area contributed by atoms with E-state index < -0.39 is 5.91 Å². The first-order valence-corrected chi connectivity index (χ1v) is 8.94. The maximum atomic E-state index is 11.1. The molecule has 3 aromatic rings. The van der Waals surface area contributed by atoms with Crippen LogP contribution in [0.15, 0.2) is 59.8 Å². The molecule has 1 amide bonds. The average Bonchev–Trinajstić information content (AvgIpc) is 3.08. The smallest absolute Gasteiger partial charge is 0.227 e. The highest BCUT2D eigenvalue weighted by molar-refractivity contribution is 7.99. The molecule has 7 nitrogen and oxygen atoms in total. The quantitative estimate of drug-likeness (QED) is 0.592. The fraction of sp³-hybridized carbons (Fsp3) is 0.167. The van der Waals surface area contributed by atoms with Gasteiger partial charge in [0.1, 0.15) is 5.75 Å². The number of primary amides is 1. The Labute approximate surface area is 155 Å². The SMILES string of the molecule is COc1ccc(NCc2nnc(SCC(N)=O)n2-c2ccccc2)cc1. The number of thioether (sulfide) groups is 1. The molecule has 3 N–H and O–H groups in total. The van der Waals surface area contributed by atoms with Crippen LogP contribution in [-0.2, 0) is 11.3 Å². The number of aromatic nitrogens is 3. The van der Waals surface area contributed by atoms with Gasteiger partial charge >= 0.3 is 0 Å². The summed E-state index contributed by atoms with van der Waals surface area (Å²) in [5.41, 5.74) is 7.13. The minimum atomic E-state index is -0.393. The fourth-order valence-corrected chi connectivity index (χ4v) is 3.08. The van der Waals surface area contributed by atoms with Crippen molar-refractivity contribution in [2.45, 2.75) is 11.7 Å². The van der Waals surface area contributed by atoms with Gasteiger partial charge in [-0.2, -0.15) is 0 Å². The lowest BCUT2D eigenvalue weighted by Crippen LogP contribution is -2.14. The van der Waals surface area contributed by atoms with Crippen LogP contribution in [0.2, 0.25) is 0 Å². The van der Waals surface area contributed by atoms with Crippen molar-refractivity contribution in [2.24, 2.45) is 5.73 Å². The van der Waals surface area contributed by atoms with E-state index in [1.54, 1.807) is 7.11 Å². The Morgan fingerprint density at radius 1 is 1.15 bits per heavy atom. The second-order valence-electron chi connectivity index (χ2n) is 5.41. The molecule has 0 saturated carbocycles. The van der Waals surface area contributed by atoms with Gasteiger partial charge in [-0.1, -0.05) is 30.0 Å². The highest BCUT2D eigenvalue weighted by Gasteiger charge is 2.15. The van der Waals surface area contributed by atoms with Crippen molar-refractivity contribution in [3.8, 4) is 11.4 Å². The summed E-state index contributed by atoms with van der Waals surface area (Å²) in [5.74, 6) is 1.29. The highest BCUT2D eigenvalue weighted by Crippen LogP contribution is 2.23. The van der Waals surface area contributed by atoms with Crippen LogP contribution in [0.25, 0.3) is 5.69 Å². The minimum absolute atomic E-state index is 0.150. The lowest BCUT2D eigenvalue weighted by Gasteiger charge is -2.11. The van der Waals surface area contributed by atoms with Crippen molar-refractivity contribution < 1.29 is 9.53 Å². The predicted molar refractivity (Wildman–Crippen MR) is 102 cm³/mol. The van der Waals surface area contributed by atoms with E-state index in [0.29, 0.717) is 11.7 Å². The van der Waals surface area contributed by atoms with E-state index in [2.05, 4.69) is 15.5 Å². The number of nitrogens with one attached hydrogen (secondary N) is 1. The van der Waals surface area contributed by atoms with Crippen LogP contribution in [0.4, 0.5) is 5.69 Å². The van der Waals surface area contributed by atoms with Crippen LogP contribution in [-0.4, -0.2) is 33.5 Å². The molecule has 0 saturated heterocycles. The van der Waals surface area contributed by atoms with Gasteiger partial charge in [-0.05, 0) is 36.4 Å². The van der Waals surface area contributed by atoms with Crippen LogP contribution in [0.3, 0.4) is 0 Å². The summed E-state index contributed by atoms with van der Waals surface area (Å²) in [5, 5.41) is 12.4. The summed E-state index contributed by atoms with van der Waals surface area (Å²) in [4.78, 5) is 11.1. The Kier molecular flexibility index (Phi) is 5.75. The molecular weight excluding hydrogens is 350 g/mol. The van der Waals surface area contributed by atoms with Crippen LogP contribution in [0, 0.1) is 0 Å². The predicted octanol–water partition coefficient (Wildman–Crippen LogP) is 2.47. The standard InChI is InChI=1S/C18H19N5O2S/c1-25-15-9-7-13(8-10-15)20-11-17-21-22-18(26-12-16(19)24)23(17)14-5-3-2-4-6-14/h2-10,20H,11-12H2,1H3,(H2,19,24). The Bertz CT molecular complexity index is 865. The van der Waals surface area contributed by atoms with E-state index in [1.807, 2.05) is 59.2 Å². The molecule has 134 valence electrons. The second kappa shape index (κ2) is 8.39. The van der Waals surface area contributed by atoms with Crippen LogP contribution in [0.5, 0.6) is 5.75 Å². The van der Waals surface area contributed by atoms with E-state index in [4.69, 9.17) is 10.5 Å². The van der Waals surface area contributed by atoms with E-state index in [-0.39, 0.29) is 5.75 Å². The summed E-state index contributed by atoms with van der Waals surface area (Å²) >= 11 is 1.27. The maximum absolute atomic E-state index is 11.1. The van der Waals surface area contributed by atoms with E-state index >= 15 is 0 Å². The number of carbonyl (C=O) groups is 1. The van der Waals surface area contributed by atoms with E-state index in [9.17, 15) is 4.79 Å². The molecule has 0 atom stereocenters. The molecule has 1 aromatic heterocycles. The lowest BCUT2D eigenvalue weighted by atomic mass is 10.3. The van der Waals surface area contributed by atoms with Gasteiger partial charge in [0, 0.05) is 11.4 Å². The Morgan fingerprint density at radius 3 is 2.54 bits per heavy atom. The monoisotopic (exact) mass is 369 g/mol. The van der Waals surface area contributed by atoms with Crippen molar-refractivity contribution >= 4 is 23.4 Å². The number of hydrogen-bond acceptors (Lipinski definition) is 6. The number of anilines is 1. The van der Waals surface area contributed by atoms with Gasteiger partial charge in [-0.3, -0.25) is 9.36 Å². The molecule has 0 aliphatic rings. The Balaban J connectivity index is 1.82. The minimum Gasteiger partial charge on any atom is -0.497 e. The van der Waals surface area contributed by atoms with Crippen molar-refractivity contribution in [2.75, 3.05) is 18.2 Å². The molecule has 2 aromatic carbocycles. The average molecular weight is 369 g/mol. The van der Waals surface area contributed by atoms with Crippen molar-refractivity contribution in [3.63, 3.8) is 0 Å². The number of hydrogen-bond donors (Lipinski definition) is 2. The number of ether oxygens (including phenoxy) is 1. The third kappa shape index (κ3) is 4.34. The molecule has 26 heavy (non-hydrogen) atoms. The number of para-hydroxylation sites is 1. The first-order chi connectivity index (χ1) is 12.7. The third-order valence-electron chi connectivity index (χ3n) is 3.60. The molecule has 0 radical (unpaired) electrons. The molecule has 0 spiro atoms. The van der Waals surface area contributed by atoms with Crippen LogP contribution < -0.4 is 15.8 Å². The zero-order chi connectivity index (χ0) is 18.4. The summed E-state index contributed by atoms with van der Waals surface area (Å²) < 4.78 is 7.08. The topological polar surface area (TPSA) is 95.1 Å². The van der Waals surface area contributed by atoms with Gasteiger partial charge < -0.3 is 15.8 Å². The van der Waals surface area contributed by atoms with Gasteiger partial charge in [0.25, 0.3) is 0 Å². The normalized spacial score (nSPS) is 10.5. The van der Waals surface area contributed by atoms with Crippen LogP contribution in [0.1, 0.15) is 5.82 Å². The summed E-state index contributed by atoms with van der Waals surface area (Å²) in [7, 11) is 1.63. The first-order valence-electron chi connectivity index (χ1n) is 7.96. The number of rotatable bonds is 8. The van der Waals surface area contributed by atoms with Gasteiger partial charge in [-0.25, -0.2) is 0 Å². The van der Waals surface area contributed by atoms with Crippen molar-refractivity contribution in [1.82, 2.24) is 14.8 Å². The number of nitrogens with zero attached hydrogens (tertiary/aromatic N) is 3. The largest absolute Gasteiger partial charge is 0.497 e. The molecule has 0 unspecified atom stereocenters. The van der Waals surface area contributed by atoms with Gasteiger partial charge in [0.15, 0.2) is 11.0 Å². The Hall–Kier alpha value is -3.00. The molecule has 3 rings (SSSR count).